The molecule has 0 aliphatic carbocycles. The maximum absolute atomic E-state index is 6.08. The van der Waals surface area contributed by atoms with Gasteiger partial charge in [0.05, 0.1) is 21.8 Å². The molecule has 2 aromatic rings. The Morgan fingerprint density at radius 3 is 2.58 bits per heavy atom. The van der Waals surface area contributed by atoms with Crippen molar-refractivity contribution < 1.29 is 4.74 Å². The van der Waals surface area contributed by atoms with Gasteiger partial charge in [-0.15, -0.1) is 0 Å². The van der Waals surface area contributed by atoms with Crippen molar-refractivity contribution in [1.82, 2.24) is 9.97 Å². The summed E-state index contributed by atoms with van der Waals surface area (Å²) >= 11 is 18.8. The zero-order valence-corrected chi connectivity index (χ0v) is 14.4. The highest BCUT2D eigenvalue weighted by Crippen LogP contribution is 2.30. The normalized spacial score (nSPS) is 10.8. The molecule has 3 nitrogen and oxygen atoms in total. The van der Waals surface area contributed by atoms with Crippen molar-refractivity contribution in [1.29, 1.82) is 0 Å². The van der Waals surface area contributed by atoms with Crippen LogP contribution in [0.4, 0.5) is 0 Å². The zero-order chi connectivity index (χ0) is 14.0. The fourth-order valence-electron chi connectivity index (χ4n) is 1.46. The minimum atomic E-state index is 0.350. The van der Waals surface area contributed by atoms with Crippen molar-refractivity contribution in [3.8, 4) is 11.4 Å². The van der Waals surface area contributed by atoms with Crippen LogP contribution in [0.1, 0.15) is 5.69 Å². The van der Waals surface area contributed by atoms with E-state index in [9.17, 15) is 0 Å². The van der Waals surface area contributed by atoms with Gasteiger partial charge in [-0.25, -0.2) is 9.97 Å². The van der Waals surface area contributed by atoms with Crippen LogP contribution in [0.15, 0.2) is 27.1 Å². The molecule has 0 aliphatic heterocycles. The summed E-state index contributed by atoms with van der Waals surface area (Å²) in [6.45, 7) is 0.352. The van der Waals surface area contributed by atoms with E-state index in [4.69, 9.17) is 27.9 Å². The van der Waals surface area contributed by atoms with E-state index in [1.54, 1.807) is 13.2 Å². The second-order valence-corrected chi connectivity index (χ2v) is 6.07. The van der Waals surface area contributed by atoms with E-state index >= 15 is 0 Å². The number of methoxy groups -OCH3 is 1. The van der Waals surface area contributed by atoms with Gasteiger partial charge in [0.1, 0.15) is 5.15 Å². The second-order valence-electron chi connectivity index (χ2n) is 3.66. The van der Waals surface area contributed by atoms with Gasteiger partial charge in [-0.3, -0.25) is 0 Å². The van der Waals surface area contributed by atoms with Gasteiger partial charge in [-0.2, -0.15) is 0 Å². The first-order valence-electron chi connectivity index (χ1n) is 5.19. The predicted molar refractivity (Wildman–Crippen MR) is 83.6 cm³/mol. The van der Waals surface area contributed by atoms with Gasteiger partial charge in [0.15, 0.2) is 5.82 Å². The number of hydrogen-bond donors (Lipinski definition) is 0. The Labute approximate surface area is 137 Å². The van der Waals surface area contributed by atoms with Crippen LogP contribution in [0.25, 0.3) is 11.4 Å². The van der Waals surface area contributed by atoms with E-state index < -0.39 is 0 Å². The van der Waals surface area contributed by atoms with Crippen LogP contribution in [0.2, 0.25) is 10.2 Å². The number of benzene rings is 1. The van der Waals surface area contributed by atoms with Crippen LogP contribution in [0.5, 0.6) is 0 Å². The molecule has 0 saturated heterocycles. The highest BCUT2D eigenvalue weighted by atomic mass is 79.9. The van der Waals surface area contributed by atoms with Crippen LogP contribution in [-0.4, -0.2) is 17.1 Å². The van der Waals surface area contributed by atoms with Crippen molar-refractivity contribution >= 4 is 55.1 Å². The van der Waals surface area contributed by atoms with Crippen LogP contribution in [0, 0.1) is 0 Å². The second kappa shape index (κ2) is 6.50. The molecular formula is C12H8Br2Cl2N2O. The molecule has 0 bridgehead atoms. The number of halogens is 4. The standard InChI is InChI=1S/C12H8Br2Cl2N2O/c1-19-5-9-10(14)11(16)18-12(17-9)6-2-3-8(15)7(13)4-6/h2-4H,5H2,1H3. The van der Waals surface area contributed by atoms with E-state index in [0.717, 1.165) is 10.0 Å². The number of aromatic nitrogens is 2. The fraction of sp³-hybridized carbons (Fsp3) is 0.167. The molecule has 0 N–H and O–H groups in total. The Morgan fingerprint density at radius 2 is 1.95 bits per heavy atom. The van der Waals surface area contributed by atoms with Crippen molar-refractivity contribution in [2.75, 3.05) is 7.11 Å². The number of hydrogen-bond acceptors (Lipinski definition) is 3. The molecule has 0 aliphatic rings. The smallest absolute Gasteiger partial charge is 0.161 e. The molecular weight excluding hydrogens is 419 g/mol. The molecule has 1 heterocycles. The van der Waals surface area contributed by atoms with Crippen LogP contribution in [0.3, 0.4) is 0 Å². The van der Waals surface area contributed by atoms with Crippen molar-refractivity contribution in [3.63, 3.8) is 0 Å². The molecule has 7 heteroatoms. The molecule has 1 aromatic carbocycles. The van der Waals surface area contributed by atoms with Gasteiger partial charge in [0.2, 0.25) is 0 Å². The summed E-state index contributed by atoms with van der Waals surface area (Å²) in [5.74, 6) is 0.526. The molecule has 0 saturated carbocycles. The topological polar surface area (TPSA) is 35.0 Å². The van der Waals surface area contributed by atoms with Crippen molar-refractivity contribution in [2.45, 2.75) is 6.61 Å². The van der Waals surface area contributed by atoms with E-state index in [1.807, 2.05) is 12.1 Å². The minimum Gasteiger partial charge on any atom is -0.378 e. The number of rotatable bonds is 3. The fourth-order valence-corrected chi connectivity index (χ4v) is 2.44. The molecule has 0 radical (unpaired) electrons. The molecule has 0 amide bonds. The summed E-state index contributed by atoms with van der Waals surface area (Å²) in [5.41, 5.74) is 1.52. The Kier molecular flexibility index (Phi) is 5.20. The van der Waals surface area contributed by atoms with Gasteiger partial charge >= 0.3 is 0 Å². The maximum Gasteiger partial charge on any atom is 0.161 e. The van der Waals surface area contributed by atoms with Gasteiger partial charge in [0, 0.05) is 17.1 Å². The average Bonchev–Trinajstić information content (AvgIpc) is 2.38. The molecule has 100 valence electrons. The third-order valence-electron chi connectivity index (χ3n) is 2.34. The summed E-state index contributed by atoms with van der Waals surface area (Å²) in [7, 11) is 1.60. The summed E-state index contributed by atoms with van der Waals surface area (Å²) in [4.78, 5) is 8.68. The lowest BCUT2D eigenvalue weighted by atomic mass is 10.2. The Hall–Kier alpha value is -0.200. The first kappa shape index (κ1) is 15.2. The minimum absolute atomic E-state index is 0.350. The van der Waals surface area contributed by atoms with Crippen molar-refractivity contribution in [3.05, 3.63) is 43.0 Å². The number of nitrogens with zero attached hydrogens (tertiary/aromatic N) is 2. The lowest BCUT2D eigenvalue weighted by Gasteiger charge is -2.08. The largest absolute Gasteiger partial charge is 0.378 e. The van der Waals surface area contributed by atoms with Gasteiger partial charge in [-0.05, 0) is 50.1 Å². The quantitative estimate of drug-likeness (QED) is 0.639. The average molecular weight is 427 g/mol. The van der Waals surface area contributed by atoms with Crippen molar-refractivity contribution in [2.24, 2.45) is 0 Å². The maximum atomic E-state index is 6.08. The molecule has 0 unspecified atom stereocenters. The SMILES string of the molecule is COCc1nc(-c2ccc(Cl)c(Br)c2)nc(Cl)c1Br. The molecule has 2 rings (SSSR count). The molecule has 0 spiro atoms. The third-order valence-corrected chi connectivity index (χ3v) is 4.89. The summed E-state index contributed by atoms with van der Waals surface area (Å²) in [5, 5.41) is 0.979. The lowest BCUT2D eigenvalue weighted by molar-refractivity contribution is 0.181. The lowest BCUT2D eigenvalue weighted by Crippen LogP contribution is -2.00. The Morgan fingerprint density at radius 1 is 1.21 bits per heavy atom. The summed E-state index contributed by atoms with van der Waals surface area (Å²) < 4.78 is 6.51. The Bertz CT molecular complexity index is 623. The van der Waals surface area contributed by atoms with Gasteiger partial charge < -0.3 is 4.74 Å². The molecule has 0 fully saturated rings. The Balaban J connectivity index is 2.52. The van der Waals surface area contributed by atoms with Crippen LogP contribution in [-0.2, 0) is 11.3 Å². The summed E-state index contributed by atoms with van der Waals surface area (Å²) in [6, 6.07) is 5.46. The predicted octanol–water partition coefficient (Wildman–Crippen LogP) is 5.12. The van der Waals surface area contributed by atoms with Crippen LogP contribution < -0.4 is 0 Å². The van der Waals surface area contributed by atoms with E-state index in [0.29, 0.717) is 32.8 Å². The van der Waals surface area contributed by atoms with E-state index in [2.05, 4.69) is 41.8 Å². The van der Waals surface area contributed by atoms with E-state index in [-0.39, 0.29) is 0 Å². The highest BCUT2D eigenvalue weighted by Gasteiger charge is 2.12. The monoisotopic (exact) mass is 424 g/mol. The first-order chi connectivity index (χ1) is 9.02. The first-order valence-corrected chi connectivity index (χ1v) is 7.53. The molecule has 1 aromatic heterocycles. The van der Waals surface area contributed by atoms with Gasteiger partial charge in [0.25, 0.3) is 0 Å². The third kappa shape index (κ3) is 3.47. The van der Waals surface area contributed by atoms with Gasteiger partial charge in [-0.1, -0.05) is 23.2 Å². The van der Waals surface area contributed by atoms with E-state index in [1.165, 1.54) is 0 Å². The number of ether oxygens (including phenoxy) is 1. The zero-order valence-electron chi connectivity index (χ0n) is 9.75. The molecule has 0 atom stereocenters. The molecule has 19 heavy (non-hydrogen) atoms. The summed E-state index contributed by atoms with van der Waals surface area (Å²) in [6.07, 6.45) is 0. The van der Waals surface area contributed by atoms with Crippen LogP contribution >= 0.6 is 55.1 Å². The highest BCUT2D eigenvalue weighted by molar-refractivity contribution is 9.11.